The minimum atomic E-state index is -0.0995. The van der Waals surface area contributed by atoms with Crippen molar-refractivity contribution in [3.63, 3.8) is 0 Å². The van der Waals surface area contributed by atoms with E-state index in [4.69, 9.17) is 4.42 Å². The average Bonchev–Trinajstić information content (AvgIpc) is 3.24. The molecule has 2 heterocycles. The van der Waals surface area contributed by atoms with Gasteiger partial charge in [-0.3, -0.25) is 4.79 Å². The molecule has 5 heteroatoms. The predicted octanol–water partition coefficient (Wildman–Crippen LogP) is 5.19. The van der Waals surface area contributed by atoms with E-state index >= 15 is 0 Å². The number of carbonyl (C=O) groups is 1. The van der Waals surface area contributed by atoms with E-state index in [1.165, 1.54) is 38.5 Å². The zero-order chi connectivity index (χ0) is 19.8. The molecule has 1 aromatic carbocycles. The number of hydrogen-bond donors (Lipinski definition) is 1. The molecular weight excluding hydrogens is 362 g/mol. The van der Waals surface area contributed by atoms with Crippen LogP contribution in [0.5, 0.6) is 0 Å². The van der Waals surface area contributed by atoms with Crippen molar-refractivity contribution in [2.24, 2.45) is 24.8 Å². The highest BCUT2D eigenvalue weighted by atomic mass is 16.3. The van der Waals surface area contributed by atoms with Gasteiger partial charge >= 0.3 is 0 Å². The number of aryl methyl sites for hydroxylation is 2. The highest BCUT2D eigenvalue weighted by Crippen LogP contribution is 2.61. The van der Waals surface area contributed by atoms with E-state index in [0.29, 0.717) is 5.56 Å². The zero-order valence-electron chi connectivity index (χ0n) is 17.1. The number of furan rings is 1. The number of carbonyl (C=O) groups excluding carboxylic acids is 1. The summed E-state index contributed by atoms with van der Waals surface area (Å²) in [6.45, 7) is 1.92. The van der Waals surface area contributed by atoms with Crippen molar-refractivity contribution in [3.8, 4) is 0 Å². The number of amides is 1. The standard InChI is InChI=1S/C24H27N3O2/c1-14-19(23(28)26-18-3-4-21-20(8-18)25-13-27(21)2)9-22(29-14)24-10-15-5-16(11-24)7-17(6-15)12-24/h3-4,8-9,13,15-17H,5-7,10-12H2,1-2H3,(H,26,28). The van der Waals surface area contributed by atoms with E-state index in [1.54, 1.807) is 6.33 Å². The summed E-state index contributed by atoms with van der Waals surface area (Å²) < 4.78 is 8.23. The van der Waals surface area contributed by atoms with Gasteiger partial charge < -0.3 is 14.3 Å². The molecule has 0 saturated heterocycles. The van der Waals surface area contributed by atoms with Crippen LogP contribution in [0, 0.1) is 24.7 Å². The lowest BCUT2D eigenvalue weighted by atomic mass is 9.49. The van der Waals surface area contributed by atoms with Gasteiger partial charge in [-0.05, 0) is 87.5 Å². The molecule has 4 aliphatic rings. The van der Waals surface area contributed by atoms with Crippen LogP contribution in [0.15, 0.2) is 35.0 Å². The molecule has 0 atom stereocenters. The van der Waals surface area contributed by atoms with Crippen LogP contribution in [0.3, 0.4) is 0 Å². The summed E-state index contributed by atoms with van der Waals surface area (Å²) in [6.07, 6.45) is 9.72. The van der Waals surface area contributed by atoms with Gasteiger partial charge in [0.25, 0.3) is 5.91 Å². The molecule has 1 N–H and O–H groups in total. The third-order valence-corrected chi connectivity index (χ3v) is 7.71. The summed E-state index contributed by atoms with van der Waals surface area (Å²) in [5, 5.41) is 3.04. The second-order valence-electron chi connectivity index (χ2n) is 9.79. The van der Waals surface area contributed by atoms with Gasteiger partial charge in [0.05, 0.1) is 22.9 Å². The van der Waals surface area contributed by atoms with Gasteiger partial charge in [0.1, 0.15) is 11.5 Å². The number of aromatic nitrogens is 2. The molecule has 4 bridgehead atoms. The summed E-state index contributed by atoms with van der Waals surface area (Å²) in [5.74, 6) is 4.25. The van der Waals surface area contributed by atoms with Crippen molar-refractivity contribution in [1.29, 1.82) is 0 Å². The molecule has 4 fully saturated rings. The van der Waals surface area contributed by atoms with Crippen LogP contribution in [0.25, 0.3) is 11.0 Å². The summed E-state index contributed by atoms with van der Waals surface area (Å²) >= 11 is 0. The number of nitrogens with one attached hydrogen (secondary N) is 1. The summed E-state index contributed by atoms with van der Waals surface area (Å²) in [6, 6.07) is 7.87. The molecule has 0 radical (unpaired) electrons. The molecule has 5 nitrogen and oxygen atoms in total. The topological polar surface area (TPSA) is 60.1 Å². The molecule has 3 aromatic rings. The van der Waals surface area contributed by atoms with Crippen molar-refractivity contribution in [2.45, 2.75) is 50.9 Å². The fourth-order valence-electron chi connectivity index (χ4n) is 6.79. The highest BCUT2D eigenvalue weighted by molar-refractivity contribution is 6.05. The number of fused-ring (bicyclic) bond motifs is 1. The zero-order valence-corrected chi connectivity index (χ0v) is 17.1. The van der Waals surface area contributed by atoms with Crippen LogP contribution in [-0.2, 0) is 12.5 Å². The average molecular weight is 389 g/mol. The first-order chi connectivity index (χ1) is 14.0. The van der Waals surface area contributed by atoms with E-state index in [9.17, 15) is 4.79 Å². The highest BCUT2D eigenvalue weighted by Gasteiger charge is 2.53. The van der Waals surface area contributed by atoms with Crippen LogP contribution in [0.4, 0.5) is 5.69 Å². The molecule has 29 heavy (non-hydrogen) atoms. The van der Waals surface area contributed by atoms with Crippen LogP contribution in [0.1, 0.15) is 60.4 Å². The predicted molar refractivity (Wildman–Crippen MR) is 112 cm³/mol. The van der Waals surface area contributed by atoms with E-state index in [0.717, 1.165) is 46.0 Å². The van der Waals surface area contributed by atoms with Gasteiger partial charge in [0.15, 0.2) is 0 Å². The van der Waals surface area contributed by atoms with Gasteiger partial charge in [-0.15, -0.1) is 0 Å². The van der Waals surface area contributed by atoms with E-state index in [1.807, 2.05) is 42.8 Å². The van der Waals surface area contributed by atoms with Crippen LogP contribution in [-0.4, -0.2) is 15.5 Å². The Hall–Kier alpha value is -2.56. The molecule has 1 amide bonds. The molecule has 4 saturated carbocycles. The Bertz CT molecular complexity index is 1090. The van der Waals surface area contributed by atoms with Crippen molar-refractivity contribution in [1.82, 2.24) is 9.55 Å². The van der Waals surface area contributed by atoms with Gasteiger partial charge in [-0.1, -0.05) is 0 Å². The van der Waals surface area contributed by atoms with Gasteiger partial charge in [-0.25, -0.2) is 4.98 Å². The quantitative estimate of drug-likeness (QED) is 0.670. The minimum Gasteiger partial charge on any atom is -0.465 e. The SMILES string of the molecule is Cc1oc(C23CC4CC(CC(C4)C2)C3)cc1C(=O)Nc1ccc2c(c1)ncn2C. The van der Waals surface area contributed by atoms with E-state index in [-0.39, 0.29) is 11.3 Å². The Balaban J connectivity index is 1.28. The first-order valence-corrected chi connectivity index (χ1v) is 10.8. The Morgan fingerprint density at radius 3 is 2.52 bits per heavy atom. The summed E-state index contributed by atoms with van der Waals surface area (Å²) in [4.78, 5) is 17.4. The number of imidazole rings is 1. The lowest BCUT2D eigenvalue weighted by Crippen LogP contribution is -2.48. The number of nitrogens with zero attached hydrogens (tertiary/aromatic N) is 2. The Kier molecular flexibility index (Phi) is 3.57. The first kappa shape index (κ1) is 17.3. The monoisotopic (exact) mass is 389 g/mol. The third-order valence-electron chi connectivity index (χ3n) is 7.71. The third kappa shape index (κ3) is 2.66. The van der Waals surface area contributed by atoms with Crippen molar-refractivity contribution < 1.29 is 9.21 Å². The Morgan fingerprint density at radius 1 is 1.14 bits per heavy atom. The summed E-state index contributed by atoms with van der Waals surface area (Å²) in [5.41, 5.74) is 3.52. The maximum Gasteiger partial charge on any atom is 0.259 e. The molecule has 4 aliphatic carbocycles. The molecule has 0 aliphatic heterocycles. The number of hydrogen-bond acceptors (Lipinski definition) is 3. The Labute approximate surface area is 170 Å². The van der Waals surface area contributed by atoms with Crippen molar-refractivity contribution in [2.75, 3.05) is 5.32 Å². The first-order valence-electron chi connectivity index (χ1n) is 10.8. The van der Waals surface area contributed by atoms with Gasteiger partial charge in [0.2, 0.25) is 0 Å². The van der Waals surface area contributed by atoms with Crippen molar-refractivity contribution >= 4 is 22.6 Å². The summed E-state index contributed by atoms with van der Waals surface area (Å²) in [7, 11) is 1.97. The lowest BCUT2D eigenvalue weighted by Gasteiger charge is -2.55. The van der Waals surface area contributed by atoms with E-state index in [2.05, 4.69) is 10.3 Å². The molecule has 2 aromatic heterocycles. The molecule has 0 unspecified atom stereocenters. The van der Waals surface area contributed by atoms with Gasteiger partial charge in [-0.2, -0.15) is 0 Å². The fourth-order valence-corrected chi connectivity index (χ4v) is 6.79. The Morgan fingerprint density at radius 2 is 1.83 bits per heavy atom. The smallest absolute Gasteiger partial charge is 0.259 e. The largest absolute Gasteiger partial charge is 0.465 e. The van der Waals surface area contributed by atoms with Crippen LogP contribution >= 0.6 is 0 Å². The lowest BCUT2D eigenvalue weighted by molar-refractivity contribution is -0.0154. The molecule has 150 valence electrons. The maximum atomic E-state index is 13.0. The second-order valence-corrected chi connectivity index (χ2v) is 9.79. The molecule has 7 rings (SSSR count). The molecule has 0 spiro atoms. The van der Waals surface area contributed by atoms with Crippen molar-refractivity contribution in [3.05, 3.63) is 47.7 Å². The second kappa shape index (κ2) is 5.97. The number of benzene rings is 1. The number of anilines is 1. The number of rotatable bonds is 3. The van der Waals surface area contributed by atoms with Gasteiger partial charge in [0, 0.05) is 18.2 Å². The maximum absolute atomic E-state index is 13.0. The van der Waals surface area contributed by atoms with E-state index < -0.39 is 0 Å². The minimum absolute atomic E-state index is 0.0995. The molecular formula is C24H27N3O2. The normalized spacial score (nSPS) is 30.2. The fraction of sp³-hybridized carbons (Fsp3) is 0.500. The van der Waals surface area contributed by atoms with Crippen LogP contribution in [0.2, 0.25) is 0 Å². The van der Waals surface area contributed by atoms with Crippen LogP contribution < -0.4 is 5.32 Å².